The second kappa shape index (κ2) is 11.5. The largest absolute Gasteiger partial charge is 0.452 e. The molecule has 40 heavy (non-hydrogen) atoms. The molecule has 0 saturated carbocycles. The van der Waals surface area contributed by atoms with Crippen molar-refractivity contribution in [2.24, 2.45) is 0 Å². The Hall–Kier alpha value is -4.84. The number of hydrogen-bond acceptors (Lipinski definition) is 5. The molecule has 200 valence electrons. The van der Waals surface area contributed by atoms with Crippen molar-refractivity contribution in [2.75, 3.05) is 11.9 Å². The predicted molar refractivity (Wildman–Crippen MR) is 159 cm³/mol. The van der Waals surface area contributed by atoms with E-state index in [1.165, 1.54) is 5.56 Å². The number of benzene rings is 4. The molecule has 0 fully saturated rings. The van der Waals surface area contributed by atoms with Crippen LogP contribution in [0, 0.1) is 13.8 Å². The Kier molecular flexibility index (Phi) is 7.69. The van der Waals surface area contributed by atoms with Gasteiger partial charge in [-0.1, -0.05) is 85.6 Å². The zero-order valence-electron chi connectivity index (χ0n) is 23.1. The molecule has 0 saturated heterocycles. The number of aryl methyl sites for hydroxylation is 2. The number of fused-ring (bicyclic) bond motifs is 1. The van der Waals surface area contributed by atoms with Gasteiger partial charge in [0.2, 0.25) is 0 Å². The third kappa shape index (κ3) is 6.07. The number of aromatic nitrogens is 2. The van der Waals surface area contributed by atoms with Gasteiger partial charge in [0.15, 0.2) is 6.61 Å². The molecule has 0 aliphatic heterocycles. The smallest absolute Gasteiger partial charge is 0.338 e. The lowest BCUT2D eigenvalue weighted by molar-refractivity contribution is -0.119. The van der Waals surface area contributed by atoms with E-state index in [2.05, 4.69) is 31.3 Å². The van der Waals surface area contributed by atoms with E-state index in [4.69, 9.17) is 14.7 Å². The lowest BCUT2D eigenvalue weighted by atomic mass is 10.0. The first-order chi connectivity index (χ1) is 19.3. The Morgan fingerprint density at radius 1 is 0.725 bits per heavy atom. The van der Waals surface area contributed by atoms with E-state index in [9.17, 15) is 9.59 Å². The maximum atomic E-state index is 12.8. The van der Waals surface area contributed by atoms with Crippen LogP contribution in [-0.2, 0) is 9.53 Å². The molecule has 0 aliphatic carbocycles. The van der Waals surface area contributed by atoms with Gasteiger partial charge in [-0.05, 0) is 55.7 Å². The van der Waals surface area contributed by atoms with Crippen molar-refractivity contribution >= 4 is 28.6 Å². The monoisotopic (exact) mass is 529 g/mol. The van der Waals surface area contributed by atoms with Gasteiger partial charge in [-0.3, -0.25) is 4.79 Å². The molecule has 0 radical (unpaired) electrons. The molecule has 6 nitrogen and oxygen atoms in total. The molecule has 1 heterocycles. The van der Waals surface area contributed by atoms with Gasteiger partial charge in [0.05, 0.1) is 28.0 Å². The zero-order valence-corrected chi connectivity index (χ0v) is 23.1. The molecule has 5 aromatic rings. The Labute approximate surface area is 234 Å². The van der Waals surface area contributed by atoms with Crippen LogP contribution in [0.1, 0.15) is 46.8 Å². The van der Waals surface area contributed by atoms with Crippen molar-refractivity contribution in [3.8, 4) is 22.5 Å². The van der Waals surface area contributed by atoms with E-state index in [1.807, 2.05) is 74.5 Å². The van der Waals surface area contributed by atoms with Crippen molar-refractivity contribution < 1.29 is 14.3 Å². The highest BCUT2D eigenvalue weighted by Gasteiger charge is 2.16. The number of carbonyl (C=O) groups is 2. The highest BCUT2D eigenvalue weighted by molar-refractivity contribution is 5.97. The second-order valence-corrected chi connectivity index (χ2v) is 10.3. The number of nitrogens with zero attached hydrogens (tertiary/aromatic N) is 2. The maximum absolute atomic E-state index is 12.8. The summed E-state index contributed by atoms with van der Waals surface area (Å²) in [5.41, 5.74) is 9.06. The summed E-state index contributed by atoms with van der Waals surface area (Å²) >= 11 is 0. The molecular weight excluding hydrogens is 498 g/mol. The average molecular weight is 530 g/mol. The summed E-state index contributed by atoms with van der Waals surface area (Å²) in [6.45, 7) is 7.91. The number of esters is 1. The summed E-state index contributed by atoms with van der Waals surface area (Å²) in [5.74, 6) is -0.608. The summed E-state index contributed by atoms with van der Waals surface area (Å²) in [5, 5.41) is 2.76. The average Bonchev–Trinajstić information content (AvgIpc) is 2.96. The third-order valence-electron chi connectivity index (χ3n) is 6.75. The van der Waals surface area contributed by atoms with Gasteiger partial charge in [0.25, 0.3) is 5.91 Å². The van der Waals surface area contributed by atoms with Gasteiger partial charge in [-0.2, -0.15) is 0 Å². The van der Waals surface area contributed by atoms with Crippen LogP contribution < -0.4 is 5.32 Å². The number of amides is 1. The molecule has 1 N–H and O–H groups in total. The number of ether oxygens (including phenoxy) is 1. The van der Waals surface area contributed by atoms with Crippen LogP contribution >= 0.6 is 0 Å². The molecule has 1 amide bonds. The van der Waals surface area contributed by atoms with Crippen LogP contribution in [0.3, 0.4) is 0 Å². The van der Waals surface area contributed by atoms with Crippen LogP contribution in [0.2, 0.25) is 0 Å². The van der Waals surface area contributed by atoms with E-state index in [0.29, 0.717) is 28.2 Å². The van der Waals surface area contributed by atoms with E-state index in [0.717, 1.165) is 33.6 Å². The van der Waals surface area contributed by atoms with Gasteiger partial charge < -0.3 is 10.1 Å². The number of anilines is 1. The Morgan fingerprint density at radius 3 is 1.82 bits per heavy atom. The van der Waals surface area contributed by atoms with Crippen LogP contribution in [-0.4, -0.2) is 28.5 Å². The van der Waals surface area contributed by atoms with E-state index in [-0.39, 0.29) is 0 Å². The lowest BCUT2D eigenvalue weighted by Gasteiger charge is -2.12. The summed E-state index contributed by atoms with van der Waals surface area (Å²) in [7, 11) is 0. The molecule has 1 aromatic heterocycles. The van der Waals surface area contributed by atoms with Gasteiger partial charge >= 0.3 is 5.97 Å². The first-order valence-electron chi connectivity index (χ1n) is 13.3. The Bertz CT molecular complexity index is 1670. The molecule has 0 spiro atoms. The van der Waals surface area contributed by atoms with Crippen LogP contribution in [0.15, 0.2) is 91.0 Å². The van der Waals surface area contributed by atoms with Gasteiger partial charge in [-0.25, -0.2) is 14.8 Å². The normalized spacial score (nSPS) is 11.0. The Morgan fingerprint density at radius 2 is 1.27 bits per heavy atom. The van der Waals surface area contributed by atoms with E-state index in [1.54, 1.807) is 18.2 Å². The second-order valence-electron chi connectivity index (χ2n) is 10.3. The highest BCUT2D eigenvalue weighted by atomic mass is 16.5. The third-order valence-corrected chi connectivity index (χ3v) is 6.75. The predicted octanol–water partition coefficient (Wildman–Crippen LogP) is 7.50. The van der Waals surface area contributed by atoms with E-state index >= 15 is 0 Å². The topological polar surface area (TPSA) is 81.2 Å². The number of carbonyl (C=O) groups excluding carboxylic acids is 2. The van der Waals surface area contributed by atoms with Gasteiger partial charge in [0.1, 0.15) is 0 Å². The molecule has 5 rings (SSSR count). The minimum Gasteiger partial charge on any atom is -0.452 e. The van der Waals surface area contributed by atoms with Crippen molar-refractivity contribution in [1.82, 2.24) is 9.97 Å². The van der Waals surface area contributed by atoms with Crippen molar-refractivity contribution in [1.29, 1.82) is 0 Å². The summed E-state index contributed by atoms with van der Waals surface area (Å²) in [6, 6.07) is 29.0. The molecular formula is C34H31N3O3. The molecule has 4 aromatic carbocycles. The number of hydrogen-bond donors (Lipinski definition) is 1. The number of nitrogens with one attached hydrogen (secondary N) is 1. The zero-order chi connectivity index (χ0) is 28.2. The first-order valence-corrected chi connectivity index (χ1v) is 13.3. The maximum Gasteiger partial charge on any atom is 0.338 e. The molecule has 0 aliphatic rings. The molecule has 6 heteroatoms. The molecule has 0 bridgehead atoms. The minimum atomic E-state index is -0.603. The van der Waals surface area contributed by atoms with Crippen LogP contribution in [0.5, 0.6) is 0 Å². The summed E-state index contributed by atoms with van der Waals surface area (Å²) in [6.07, 6.45) is 0. The standard InChI is InChI=1S/C34H31N3O3/c1-21(2)24-13-16-28(17-14-24)35-31(38)20-40-34(39)27-15-18-29-30(19-27)37-33(26-11-7-23(4)8-12-26)32(36-29)25-9-5-22(3)6-10-25/h5-19,21H,20H2,1-4H3,(H,35,38). The van der Waals surface area contributed by atoms with Crippen LogP contribution in [0.4, 0.5) is 5.69 Å². The van der Waals surface area contributed by atoms with Crippen molar-refractivity contribution in [2.45, 2.75) is 33.6 Å². The minimum absolute atomic E-state index is 0.300. The highest BCUT2D eigenvalue weighted by Crippen LogP contribution is 2.31. The first kappa shape index (κ1) is 26.8. The molecule has 0 atom stereocenters. The summed E-state index contributed by atoms with van der Waals surface area (Å²) in [4.78, 5) is 35.1. The van der Waals surface area contributed by atoms with E-state index < -0.39 is 18.5 Å². The van der Waals surface area contributed by atoms with Crippen molar-refractivity contribution in [3.05, 3.63) is 113 Å². The lowest BCUT2D eigenvalue weighted by Crippen LogP contribution is -2.21. The summed E-state index contributed by atoms with van der Waals surface area (Å²) < 4.78 is 5.31. The fourth-order valence-electron chi connectivity index (χ4n) is 4.37. The Balaban J connectivity index is 1.38. The van der Waals surface area contributed by atoms with Gasteiger partial charge in [-0.15, -0.1) is 0 Å². The van der Waals surface area contributed by atoms with Gasteiger partial charge in [0, 0.05) is 16.8 Å². The fourth-order valence-corrected chi connectivity index (χ4v) is 4.37. The SMILES string of the molecule is Cc1ccc(-c2nc3ccc(C(=O)OCC(=O)Nc4ccc(C(C)C)cc4)cc3nc2-c2ccc(C)cc2)cc1. The van der Waals surface area contributed by atoms with Crippen LogP contribution in [0.25, 0.3) is 33.5 Å². The fraction of sp³-hybridized carbons (Fsp3) is 0.176. The van der Waals surface area contributed by atoms with Crippen molar-refractivity contribution in [3.63, 3.8) is 0 Å². The quantitative estimate of drug-likeness (QED) is 0.221. The number of rotatable bonds is 7. The molecule has 0 unspecified atom stereocenters.